The van der Waals surface area contributed by atoms with Crippen LogP contribution in [0.2, 0.25) is 0 Å². The monoisotopic (exact) mass is 280 g/mol. The van der Waals surface area contributed by atoms with Crippen LogP contribution in [-0.2, 0) is 0 Å². The average Bonchev–Trinajstić information content (AvgIpc) is 2.56. The van der Waals surface area contributed by atoms with Gasteiger partial charge in [-0.2, -0.15) is 0 Å². The first-order valence-corrected chi connectivity index (χ1v) is 7.86. The van der Waals surface area contributed by atoms with E-state index in [0.29, 0.717) is 0 Å². The highest BCUT2D eigenvalue weighted by atomic mass is 15.2. The molecule has 1 N–H and O–H groups in total. The predicted octanol–water partition coefficient (Wildman–Crippen LogP) is 3.93. The fourth-order valence-corrected chi connectivity index (χ4v) is 3.10. The van der Waals surface area contributed by atoms with Gasteiger partial charge in [0, 0.05) is 36.4 Å². The van der Waals surface area contributed by atoms with E-state index in [1.54, 1.807) is 0 Å². The van der Waals surface area contributed by atoms with Crippen molar-refractivity contribution in [3.05, 3.63) is 54.6 Å². The molecule has 0 bridgehead atoms. The van der Waals surface area contributed by atoms with Crippen molar-refractivity contribution in [1.29, 1.82) is 0 Å². The fraction of sp³-hybridized carbons (Fsp3) is 0.368. The summed E-state index contributed by atoms with van der Waals surface area (Å²) in [4.78, 5) is 2.53. The minimum Gasteiger partial charge on any atom is -0.368 e. The van der Waals surface area contributed by atoms with Crippen molar-refractivity contribution >= 4 is 5.69 Å². The molecule has 0 aliphatic carbocycles. The molecule has 21 heavy (non-hydrogen) atoms. The lowest BCUT2D eigenvalue weighted by molar-refractivity contribution is 0.314. The molecule has 1 heterocycles. The second-order valence-electron chi connectivity index (χ2n) is 6.15. The van der Waals surface area contributed by atoms with E-state index in [2.05, 4.69) is 78.7 Å². The van der Waals surface area contributed by atoms with E-state index in [1.165, 1.54) is 16.8 Å². The summed E-state index contributed by atoms with van der Waals surface area (Å²) in [5.74, 6) is 0. The molecule has 0 spiro atoms. The van der Waals surface area contributed by atoms with Crippen LogP contribution >= 0.6 is 0 Å². The SMILES string of the molecule is CCC1(C)CN(c2ccccc2-c2ccccc2)CCN1. The number of anilines is 1. The zero-order valence-corrected chi connectivity index (χ0v) is 13.0. The number of hydrogen-bond donors (Lipinski definition) is 1. The molecule has 1 saturated heterocycles. The number of nitrogens with one attached hydrogen (secondary N) is 1. The topological polar surface area (TPSA) is 15.3 Å². The number of hydrogen-bond acceptors (Lipinski definition) is 2. The minimum absolute atomic E-state index is 0.210. The maximum atomic E-state index is 3.66. The van der Waals surface area contributed by atoms with Gasteiger partial charge in [0.15, 0.2) is 0 Å². The van der Waals surface area contributed by atoms with Gasteiger partial charge in [0.1, 0.15) is 0 Å². The van der Waals surface area contributed by atoms with E-state index in [0.717, 1.165) is 26.1 Å². The highest BCUT2D eigenvalue weighted by Crippen LogP contribution is 2.32. The summed E-state index contributed by atoms with van der Waals surface area (Å²) in [6.45, 7) is 7.77. The molecule has 2 nitrogen and oxygen atoms in total. The molecule has 2 aromatic carbocycles. The third-order valence-electron chi connectivity index (χ3n) is 4.58. The van der Waals surface area contributed by atoms with Crippen LogP contribution in [0.15, 0.2) is 54.6 Å². The van der Waals surface area contributed by atoms with Crippen molar-refractivity contribution in [3.63, 3.8) is 0 Å². The van der Waals surface area contributed by atoms with E-state index >= 15 is 0 Å². The minimum atomic E-state index is 0.210. The number of nitrogens with zero attached hydrogens (tertiary/aromatic N) is 1. The molecule has 2 heteroatoms. The van der Waals surface area contributed by atoms with Gasteiger partial charge in [-0.3, -0.25) is 0 Å². The first-order chi connectivity index (χ1) is 10.2. The Kier molecular flexibility index (Phi) is 3.98. The van der Waals surface area contributed by atoms with Crippen molar-refractivity contribution in [2.45, 2.75) is 25.8 Å². The van der Waals surface area contributed by atoms with E-state index in [1.807, 2.05) is 0 Å². The van der Waals surface area contributed by atoms with Crippen molar-refractivity contribution in [3.8, 4) is 11.1 Å². The summed E-state index contributed by atoms with van der Waals surface area (Å²) >= 11 is 0. The molecule has 1 aliphatic heterocycles. The summed E-state index contributed by atoms with van der Waals surface area (Å²) in [6.07, 6.45) is 1.15. The lowest BCUT2D eigenvalue weighted by Gasteiger charge is -2.43. The van der Waals surface area contributed by atoms with Crippen molar-refractivity contribution in [2.75, 3.05) is 24.5 Å². The standard InChI is InChI=1S/C19H24N2/c1-3-19(2)15-21(14-13-20-19)18-12-8-7-11-17(18)16-9-5-4-6-10-16/h4-12,20H,3,13-15H2,1-2H3. The van der Waals surface area contributed by atoms with Crippen LogP contribution in [0.5, 0.6) is 0 Å². The Morgan fingerprint density at radius 3 is 2.52 bits per heavy atom. The number of benzene rings is 2. The zero-order chi connectivity index (χ0) is 14.7. The largest absolute Gasteiger partial charge is 0.368 e. The molecule has 1 fully saturated rings. The first-order valence-electron chi connectivity index (χ1n) is 7.86. The molecular formula is C19H24N2. The Morgan fingerprint density at radius 2 is 1.76 bits per heavy atom. The second-order valence-corrected chi connectivity index (χ2v) is 6.15. The second kappa shape index (κ2) is 5.90. The van der Waals surface area contributed by atoms with Crippen molar-refractivity contribution in [1.82, 2.24) is 5.32 Å². The molecule has 0 amide bonds. The smallest absolute Gasteiger partial charge is 0.0446 e. The summed E-state index contributed by atoms with van der Waals surface area (Å²) in [6, 6.07) is 19.4. The molecule has 1 aliphatic rings. The van der Waals surface area contributed by atoms with Gasteiger partial charge in [-0.25, -0.2) is 0 Å². The lowest BCUT2D eigenvalue weighted by atomic mass is 9.94. The van der Waals surface area contributed by atoms with Crippen LogP contribution in [0.3, 0.4) is 0 Å². The summed E-state index contributed by atoms with van der Waals surface area (Å²) in [7, 11) is 0. The molecule has 1 atom stereocenters. The van der Waals surface area contributed by atoms with Gasteiger partial charge in [0.05, 0.1) is 0 Å². The summed E-state index contributed by atoms with van der Waals surface area (Å²) in [5, 5.41) is 3.66. The quantitative estimate of drug-likeness (QED) is 0.916. The van der Waals surface area contributed by atoms with Crippen LogP contribution in [0.4, 0.5) is 5.69 Å². The normalized spacial score (nSPS) is 22.3. The van der Waals surface area contributed by atoms with Gasteiger partial charge < -0.3 is 10.2 Å². The Bertz CT molecular complexity index is 594. The summed E-state index contributed by atoms with van der Waals surface area (Å²) < 4.78 is 0. The van der Waals surface area contributed by atoms with Crippen molar-refractivity contribution < 1.29 is 0 Å². The van der Waals surface area contributed by atoms with E-state index in [9.17, 15) is 0 Å². The molecule has 1 unspecified atom stereocenters. The Hall–Kier alpha value is -1.80. The van der Waals surface area contributed by atoms with Crippen LogP contribution < -0.4 is 10.2 Å². The third kappa shape index (κ3) is 2.96. The zero-order valence-electron chi connectivity index (χ0n) is 13.0. The number of piperazine rings is 1. The van der Waals surface area contributed by atoms with Gasteiger partial charge in [0.25, 0.3) is 0 Å². The average molecular weight is 280 g/mol. The maximum absolute atomic E-state index is 3.66. The molecule has 110 valence electrons. The van der Waals surface area contributed by atoms with Crippen LogP contribution in [0, 0.1) is 0 Å². The summed E-state index contributed by atoms with van der Waals surface area (Å²) in [5.41, 5.74) is 4.19. The molecule has 0 radical (unpaired) electrons. The predicted molar refractivity (Wildman–Crippen MR) is 90.8 cm³/mol. The molecule has 0 saturated carbocycles. The van der Waals surface area contributed by atoms with Gasteiger partial charge in [-0.15, -0.1) is 0 Å². The van der Waals surface area contributed by atoms with Crippen LogP contribution in [0.1, 0.15) is 20.3 Å². The molecule has 2 aromatic rings. The molecular weight excluding hydrogens is 256 g/mol. The van der Waals surface area contributed by atoms with Crippen LogP contribution in [-0.4, -0.2) is 25.2 Å². The number of para-hydroxylation sites is 1. The highest BCUT2D eigenvalue weighted by molar-refractivity contribution is 5.78. The van der Waals surface area contributed by atoms with Crippen LogP contribution in [0.25, 0.3) is 11.1 Å². The Labute approximate surface area is 127 Å². The Balaban J connectivity index is 1.96. The van der Waals surface area contributed by atoms with Gasteiger partial charge in [0.2, 0.25) is 0 Å². The van der Waals surface area contributed by atoms with E-state index in [-0.39, 0.29) is 5.54 Å². The Morgan fingerprint density at radius 1 is 1.05 bits per heavy atom. The maximum Gasteiger partial charge on any atom is 0.0446 e. The first kappa shape index (κ1) is 14.2. The molecule has 0 aromatic heterocycles. The van der Waals surface area contributed by atoms with Gasteiger partial charge in [-0.05, 0) is 25.0 Å². The van der Waals surface area contributed by atoms with E-state index < -0.39 is 0 Å². The third-order valence-corrected chi connectivity index (χ3v) is 4.58. The van der Waals surface area contributed by atoms with Crippen molar-refractivity contribution in [2.24, 2.45) is 0 Å². The van der Waals surface area contributed by atoms with Gasteiger partial charge in [-0.1, -0.05) is 55.5 Å². The molecule has 3 rings (SSSR count). The fourth-order valence-electron chi connectivity index (χ4n) is 3.10. The lowest BCUT2D eigenvalue weighted by Crippen LogP contribution is -2.58. The van der Waals surface area contributed by atoms with E-state index in [4.69, 9.17) is 0 Å². The van der Waals surface area contributed by atoms with Gasteiger partial charge >= 0.3 is 0 Å². The highest BCUT2D eigenvalue weighted by Gasteiger charge is 2.29. The number of rotatable bonds is 3.